The summed E-state index contributed by atoms with van der Waals surface area (Å²) in [6.07, 6.45) is 13.1. The molecule has 0 aromatic carbocycles. The van der Waals surface area contributed by atoms with Crippen molar-refractivity contribution in [3.63, 3.8) is 0 Å². The van der Waals surface area contributed by atoms with Crippen LogP contribution in [0.1, 0.15) is 86.0 Å². The summed E-state index contributed by atoms with van der Waals surface area (Å²) in [4.78, 5) is 0. The van der Waals surface area contributed by atoms with Crippen molar-refractivity contribution in [2.75, 3.05) is 13.1 Å². The van der Waals surface area contributed by atoms with Gasteiger partial charge in [-0.25, -0.2) is 5.84 Å². The largest absolute Gasteiger partial charge is 0.401 e. The Hall–Kier alpha value is -0.675. The van der Waals surface area contributed by atoms with E-state index in [1.54, 1.807) is 5.01 Å². The van der Waals surface area contributed by atoms with Crippen molar-refractivity contribution < 1.29 is 0 Å². The van der Waals surface area contributed by atoms with Gasteiger partial charge in [-0.05, 0) is 46.5 Å². The Morgan fingerprint density at radius 3 is 2.04 bits per heavy atom. The van der Waals surface area contributed by atoms with E-state index in [9.17, 15) is 0 Å². The zero-order valence-electron chi connectivity index (χ0n) is 17.6. The lowest BCUT2D eigenvalue weighted by Crippen LogP contribution is -2.36. The van der Waals surface area contributed by atoms with E-state index in [2.05, 4.69) is 47.2 Å². The first kappa shape index (κ1) is 24.3. The van der Waals surface area contributed by atoms with Gasteiger partial charge < -0.3 is 16.1 Å². The molecule has 0 aromatic heterocycles. The Morgan fingerprint density at radius 2 is 1.52 bits per heavy atom. The van der Waals surface area contributed by atoms with Crippen LogP contribution in [0.15, 0.2) is 11.9 Å². The molecule has 0 saturated heterocycles. The third-order valence-electron chi connectivity index (χ3n) is 4.16. The quantitative estimate of drug-likeness (QED) is 0.177. The zero-order valence-corrected chi connectivity index (χ0v) is 17.6. The lowest BCUT2D eigenvalue weighted by atomic mass is 9.63. The molecule has 0 atom stereocenters. The topological polar surface area (TPSA) is 67.3 Å². The highest BCUT2D eigenvalue weighted by Gasteiger charge is 2.06. The molecule has 5 heteroatoms. The van der Waals surface area contributed by atoms with Crippen LogP contribution in [0.2, 0.25) is 12.1 Å². The molecular formula is C20H44BN4. The summed E-state index contributed by atoms with van der Waals surface area (Å²) in [6, 6.07) is 0. The van der Waals surface area contributed by atoms with Gasteiger partial charge in [0.05, 0.1) is 0 Å². The van der Waals surface area contributed by atoms with E-state index in [1.807, 2.05) is 6.20 Å². The summed E-state index contributed by atoms with van der Waals surface area (Å²) in [7, 11) is 2.21. The molecule has 0 aliphatic heterocycles. The second kappa shape index (κ2) is 14.5. The maximum Gasteiger partial charge on any atom is 0.120 e. The maximum absolute atomic E-state index is 5.98. The standard InChI is InChI=1S/C20H44BN4/c1-18(2)21-16-19(22)17-25(23)15-13-11-9-7-6-8-10-12-14-24-20(3,4)5/h17-18,24H,6-16,22-23H2,1-5H3/b19-17-. The molecule has 5 N–H and O–H groups in total. The predicted octanol–water partition coefficient (Wildman–Crippen LogP) is 4.42. The molecule has 147 valence electrons. The molecule has 0 bridgehead atoms. The van der Waals surface area contributed by atoms with E-state index >= 15 is 0 Å². The van der Waals surface area contributed by atoms with Crippen LogP contribution >= 0.6 is 0 Å². The van der Waals surface area contributed by atoms with Crippen LogP contribution in [-0.4, -0.2) is 30.9 Å². The van der Waals surface area contributed by atoms with Gasteiger partial charge in [0, 0.05) is 24.0 Å². The summed E-state index contributed by atoms with van der Waals surface area (Å²) in [5.74, 6) is 6.54. The highest BCUT2D eigenvalue weighted by Crippen LogP contribution is 2.10. The molecule has 0 saturated carbocycles. The summed E-state index contributed by atoms with van der Waals surface area (Å²) in [5.41, 5.74) is 7.07. The van der Waals surface area contributed by atoms with Gasteiger partial charge in [-0.1, -0.05) is 58.2 Å². The number of nitrogens with one attached hydrogen (secondary N) is 1. The Kier molecular flexibility index (Phi) is 14.1. The van der Waals surface area contributed by atoms with Gasteiger partial charge in [0.15, 0.2) is 0 Å². The van der Waals surface area contributed by atoms with Crippen molar-refractivity contribution in [3.05, 3.63) is 11.9 Å². The molecule has 0 spiro atoms. The molecule has 0 aromatic rings. The lowest BCUT2D eigenvalue weighted by molar-refractivity contribution is 0.373. The predicted molar refractivity (Wildman–Crippen MR) is 114 cm³/mol. The van der Waals surface area contributed by atoms with Crippen LogP contribution in [-0.2, 0) is 0 Å². The van der Waals surface area contributed by atoms with Crippen LogP contribution in [0, 0.1) is 0 Å². The molecular weight excluding hydrogens is 307 g/mol. The first-order valence-corrected chi connectivity index (χ1v) is 10.3. The van der Waals surface area contributed by atoms with Gasteiger partial charge in [-0.3, -0.25) is 0 Å². The molecule has 0 heterocycles. The Balaban J connectivity index is 3.41. The number of allylic oxidation sites excluding steroid dienone is 1. The molecule has 0 unspecified atom stereocenters. The number of unbranched alkanes of at least 4 members (excludes halogenated alkanes) is 7. The van der Waals surface area contributed by atoms with Crippen molar-refractivity contribution in [2.24, 2.45) is 11.6 Å². The van der Waals surface area contributed by atoms with Crippen LogP contribution in [0.4, 0.5) is 0 Å². The number of hydrogen-bond donors (Lipinski definition) is 3. The molecule has 4 nitrogen and oxygen atoms in total. The maximum atomic E-state index is 5.98. The molecule has 0 amide bonds. The fraction of sp³-hybridized carbons (Fsp3) is 0.900. The lowest BCUT2D eigenvalue weighted by Gasteiger charge is -2.20. The number of nitrogens with two attached hydrogens (primary N) is 2. The monoisotopic (exact) mass is 351 g/mol. The highest BCUT2D eigenvalue weighted by atomic mass is 15.4. The van der Waals surface area contributed by atoms with E-state index in [0.29, 0.717) is 5.82 Å². The summed E-state index contributed by atoms with van der Waals surface area (Å²) >= 11 is 0. The minimum absolute atomic E-state index is 0.253. The average Bonchev–Trinajstić information content (AvgIpc) is 2.49. The van der Waals surface area contributed by atoms with E-state index < -0.39 is 0 Å². The summed E-state index contributed by atoms with van der Waals surface area (Å²) < 4.78 is 0. The fourth-order valence-corrected chi connectivity index (χ4v) is 2.65. The van der Waals surface area contributed by atoms with Crippen molar-refractivity contribution in [3.8, 4) is 0 Å². The average molecular weight is 351 g/mol. The molecule has 0 aliphatic carbocycles. The van der Waals surface area contributed by atoms with Crippen LogP contribution in [0.5, 0.6) is 0 Å². The number of rotatable bonds is 15. The second-order valence-corrected chi connectivity index (χ2v) is 8.63. The Morgan fingerprint density at radius 1 is 1.00 bits per heavy atom. The third-order valence-corrected chi connectivity index (χ3v) is 4.16. The van der Waals surface area contributed by atoms with Gasteiger partial charge in [0.1, 0.15) is 7.28 Å². The van der Waals surface area contributed by atoms with Gasteiger partial charge in [0.2, 0.25) is 0 Å². The van der Waals surface area contributed by atoms with Crippen LogP contribution in [0.25, 0.3) is 0 Å². The van der Waals surface area contributed by atoms with Gasteiger partial charge in [-0.2, -0.15) is 0 Å². The second-order valence-electron chi connectivity index (χ2n) is 8.63. The fourth-order valence-electron chi connectivity index (χ4n) is 2.65. The van der Waals surface area contributed by atoms with Gasteiger partial charge >= 0.3 is 0 Å². The third kappa shape index (κ3) is 19.5. The number of nitrogens with zero attached hydrogens (tertiary/aromatic N) is 1. The summed E-state index contributed by atoms with van der Waals surface area (Å²) in [6.45, 7) is 13.0. The van der Waals surface area contributed by atoms with Crippen LogP contribution in [0.3, 0.4) is 0 Å². The normalized spacial score (nSPS) is 12.7. The zero-order chi connectivity index (χ0) is 19.1. The molecule has 0 aliphatic rings. The first-order valence-electron chi connectivity index (χ1n) is 10.3. The first-order chi connectivity index (χ1) is 11.7. The van der Waals surface area contributed by atoms with E-state index in [4.69, 9.17) is 11.6 Å². The highest BCUT2D eigenvalue weighted by molar-refractivity contribution is 6.38. The SMILES string of the molecule is CC(C)[B]C/C(N)=C/N(N)CCCCCCCCCCNC(C)(C)C. The van der Waals surface area contributed by atoms with Crippen molar-refractivity contribution in [1.29, 1.82) is 0 Å². The van der Waals surface area contributed by atoms with E-state index in [1.165, 1.54) is 44.9 Å². The van der Waals surface area contributed by atoms with Crippen molar-refractivity contribution >= 4 is 7.28 Å². The van der Waals surface area contributed by atoms with Crippen molar-refractivity contribution in [2.45, 2.75) is 104 Å². The van der Waals surface area contributed by atoms with Gasteiger partial charge in [0.25, 0.3) is 0 Å². The minimum Gasteiger partial charge on any atom is -0.401 e. The molecule has 25 heavy (non-hydrogen) atoms. The minimum atomic E-state index is 0.253. The Bertz CT molecular complexity index is 337. The number of hydrazine groups is 1. The number of hydrogen-bond acceptors (Lipinski definition) is 4. The molecule has 0 rings (SSSR count). The molecule has 0 fully saturated rings. The summed E-state index contributed by atoms with van der Waals surface area (Å²) in [5, 5.41) is 5.29. The smallest absolute Gasteiger partial charge is 0.120 e. The van der Waals surface area contributed by atoms with Crippen molar-refractivity contribution in [1.82, 2.24) is 10.3 Å². The van der Waals surface area contributed by atoms with Crippen LogP contribution < -0.4 is 16.9 Å². The van der Waals surface area contributed by atoms with E-state index in [-0.39, 0.29) is 5.54 Å². The van der Waals surface area contributed by atoms with Gasteiger partial charge in [-0.15, -0.1) is 0 Å². The van der Waals surface area contributed by atoms with E-state index in [0.717, 1.165) is 31.5 Å². The Labute approximate surface area is 158 Å². The molecule has 1 radical (unpaired) electrons.